The molecule has 2 aromatic rings. The van der Waals surface area contributed by atoms with E-state index in [1.807, 2.05) is 52.0 Å². The number of hydrogen-bond donors (Lipinski definition) is 0. The summed E-state index contributed by atoms with van der Waals surface area (Å²) in [7, 11) is 0. The zero-order valence-corrected chi connectivity index (χ0v) is 10.5. The molecule has 86 valence electrons. The minimum Gasteiger partial charge on any atom is -0.265 e. The van der Waals surface area contributed by atoms with Crippen molar-refractivity contribution in [1.29, 1.82) is 0 Å². The molecule has 16 heavy (non-hydrogen) atoms. The molecule has 0 atom stereocenters. The first-order valence-electron chi connectivity index (χ1n) is 5.77. The number of hydrogen-bond acceptors (Lipinski definition) is 2. The van der Waals surface area contributed by atoms with Gasteiger partial charge in [0.1, 0.15) is 0 Å². The van der Waals surface area contributed by atoms with Crippen molar-refractivity contribution in [2.45, 2.75) is 27.7 Å². The van der Waals surface area contributed by atoms with E-state index >= 15 is 0 Å². The van der Waals surface area contributed by atoms with Gasteiger partial charge in [-0.1, -0.05) is 27.7 Å². The summed E-state index contributed by atoms with van der Waals surface area (Å²) in [6.07, 6.45) is 7.15. The molecule has 0 saturated carbocycles. The number of nitrogens with zero attached hydrogens (tertiary/aromatic N) is 2. The molecule has 0 spiro atoms. The number of rotatable bonds is 1. The van der Waals surface area contributed by atoms with Gasteiger partial charge in [-0.15, -0.1) is 0 Å². The van der Waals surface area contributed by atoms with Gasteiger partial charge in [-0.3, -0.25) is 9.97 Å². The zero-order valence-electron chi connectivity index (χ0n) is 10.5. The Bertz CT molecular complexity index is 306. The van der Waals surface area contributed by atoms with Crippen molar-refractivity contribution in [2.75, 3.05) is 0 Å². The van der Waals surface area contributed by atoms with Crippen LogP contribution in [0.5, 0.6) is 0 Å². The predicted octanol–water partition coefficient (Wildman–Crippen LogP) is 4.20. The van der Waals surface area contributed by atoms with Gasteiger partial charge in [-0.25, -0.2) is 0 Å². The Hall–Kier alpha value is -1.70. The van der Waals surface area contributed by atoms with E-state index < -0.39 is 0 Å². The molecule has 0 saturated heterocycles. The van der Waals surface area contributed by atoms with Crippen LogP contribution < -0.4 is 0 Å². The van der Waals surface area contributed by atoms with Crippen LogP contribution in [-0.4, -0.2) is 9.97 Å². The fourth-order valence-corrected chi connectivity index (χ4v) is 1.09. The molecule has 0 bridgehead atoms. The fourth-order valence-electron chi connectivity index (χ4n) is 1.09. The number of pyridine rings is 2. The average Bonchev–Trinajstić information content (AvgIpc) is 2.45. The van der Waals surface area contributed by atoms with E-state index in [0.29, 0.717) is 0 Å². The lowest BCUT2D eigenvalue weighted by molar-refractivity contribution is 1.31. The van der Waals surface area contributed by atoms with Gasteiger partial charge in [0.15, 0.2) is 0 Å². The van der Waals surface area contributed by atoms with Gasteiger partial charge >= 0.3 is 0 Å². The van der Waals surface area contributed by atoms with Gasteiger partial charge < -0.3 is 0 Å². The summed E-state index contributed by atoms with van der Waals surface area (Å²) < 4.78 is 0. The highest BCUT2D eigenvalue weighted by atomic mass is 14.6. The number of aromatic nitrogens is 2. The molecule has 0 radical (unpaired) electrons. The largest absolute Gasteiger partial charge is 0.265 e. The average molecular weight is 216 g/mol. The predicted molar refractivity (Wildman–Crippen MR) is 70.2 cm³/mol. The van der Waals surface area contributed by atoms with Crippen molar-refractivity contribution in [3.8, 4) is 11.1 Å². The normalized spacial score (nSPS) is 8.00. The molecule has 0 fully saturated rings. The van der Waals surface area contributed by atoms with Gasteiger partial charge in [0.2, 0.25) is 0 Å². The summed E-state index contributed by atoms with van der Waals surface area (Å²) in [5.74, 6) is 0. The van der Waals surface area contributed by atoms with Crippen LogP contribution in [0.25, 0.3) is 11.1 Å². The highest BCUT2D eigenvalue weighted by Gasteiger charge is 1.92. The van der Waals surface area contributed by atoms with Gasteiger partial charge in [0, 0.05) is 24.8 Å². The van der Waals surface area contributed by atoms with Crippen molar-refractivity contribution >= 4 is 0 Å². The maximum atomic E-state index is 3.96. The standard InChI is InChI=1S/C10H8N2.2C2H6/c1-5-11-6-2-9(1)10-3-7-12-8-4-10;2*1-2/h1-8H;2*1-2H3. The second-order valence-electron chi connectivity index (χ2n) is 2.47. The highest BCUT2D eigenvalue weighted by molar-refractivity contribution is 5.61. The van der Waals surface area contributed by atoms with E-state index in [2.05, 4.69) is 9.97 Å². The van der Waals surface area contributed by atoms with Crippen LogP contribution >= 0.6 is 0 Å². The van der Waals surface area contributed by atoms with Crippen molar-refractivity contribution in [2.24, 2.45) is 0 Å². The molecule has 0 amide bonds. The maximum Gasteiger partial charge on any atom is 0.0273 e. The summed E-state index contributed by atoms with van der Waals surface area (Å²) >= 11 is 0. The lowest BCUT2D eigenvalue weighted by atomic mass is 10.1. The van der Waals surface area contributed by atoms with Crippen molar-refractivity contribution in [3.63, 3.8) is 0 Å². The van der Waals surface area contributed by atoms with E-state index in [0.717, 1.165) is 0 Å². The monoisotopic (exact) mass is 216 g/mol. The van der Waals surface area contributed by atoms with Crippen LogP contribution in [0.2, 0.25) is 0 Å². The van der Waals surface area contributed by atoms with E-state index in [9.17, 15) is 0 Å². The zero-order chi connectivity index (χ0) is 12.2. The third-order valence-electron chi connectivity index (χ3n) is 1.69. The summed E-state index contributed by atoms with van der Waals surface area (Å²) in [4.78, 5) is 7.91. The van der Waals surface area contributed by atoms with Crippen LogP contribution in [0.4, 0.5) is 0 Å². The first kappa shape index (κ1) is 14.3. The van der Waals surface area contributed by atoms with Gasteiger partial charge in [0.05, 0.1) is 0 Å². The minimum absolute atomic E-state index is 1.17. The van der Waals surface area contributed by atoms with Crippen LogP contribution in [0.15, 0.2) is 49.1 Å². The lowest BCUT2D eigenvalue weighted by Crippen LogP contribution is -1.77. The summed E-state index contributed by atoms with van der Waals surface area (Å²) in [6, 6.07) is 7.93. The molecule has 2 rings (SSSR count). The fraction of sp³-hybridized carbons (Fsp3) is 0.286. The van der Waals surface area contributed by atoms with Gasteiger partial charge in [0.25, 0.3) is 0 Å². The molecule has 2 nitrogen and oxygen atoms in total. The Balaban J connectivity index is 0.000000509. The molecule has 2 heterocycles. The second kappa shape index (κ2) is 9.84. The van der Waals surface area contributed by atoms with Crippen molar-refractivity contribution in [3.05, 3.63) is 49.1 Å². The third kappa shape index (κ3) is 4.69. The van der Waals surface area contributed by atoms with E-state index in [1.54, 1.807) is 24.8 Å². The Morgan fingerprint density at radius 2 is 0.812 bits per heavy atom. The van der Waals surface area contributed by atoms with E-state index in [-0.39, 0.29) is 0 Å². The smallest absolute Gasteiger partial charge is 0.0273 e. The Labute approximate surface area is 98.4 Å². The SMILES string of the molecule is CC.CC.c1cc(-c2ccncc2)ccn1. The molecule has 2 heteroatoms. The first-order chi connectivity index (χ1) is 7.97. The molecular weight excluding hydrogens is 196 g/mol. The molecule has 0 unspecified atom stereocenters. The first-order valence-corrected chi connectivity index (χ1v) is 5.77. The minimum atomic E-state index is 1.17. The molecule has 0 aliphatic carbocycles. The van der Waals surface area contributed by atoms with Crippen LogP contribution in [-0.2, 0) is 0 Å². The molecule has 0 aliphatic heterocycles. The Morgan fingerprint density at radius 3 is 1.06 bits per heavy atom. The van der Waals surface area contributed by atoms with Crippen molar-refractivity contribution < 1.29 is 0 Å². The summed E-state index contributed by atoms with van der Waals surface area (Å²) in [5.41, 5.74) is 2.35. The van der Waals surface area contributed by atoms with Crippen LogP contribution in [0.1, 0.15) is 27.7 Å². The maximum absolute atomic E-state index is 3.96. The molecular formula is C14H20N2. The van der Waals surface area contributed by atoms with Gasteiger partial charge in [-0.05, 0) is 35.4 Å². The van der Waals surface area contributed by atoms with E-state index in [1.165, 1.54) is 11.1 Å². The summed E-state index contributed by atoms with van der Waals surface area (Å²) in [6.45, 7) is 8.00. The van der Waals surface area contributed by atoms with Gasteiger partial charge in [-0.2, -0.15) is 0 Å². The van der Waals surface area contributed by atoms with Crippen molar-refractivity contribution in [1.82, 2.24) is 9.97 Å². The van der Waals surface area contributed by atoms with E-state index in [4.69, 9.17) is 0 Å². The third-order valence-corrected chi connectivity index (χ3v) is 1.69. The topological polar surface area (TPSA) is 25.8 Å². The molecule has 0 aromatic carbocycles. The summed E-state index contributed by atoms with van der Waals surface area (Å²) in [5, 5.41) is 0. The lowest BCUT2D eigenvalue weighted by Gasteiger charge is -1.97. The second-order valence-corrected chi connectivity index (χ2v) is 2.47. The van der Waals surface area contributed by atoms with Crippen LogP contribution in [0.3, 0.4) is 0 Å². The quantitative estimate of drug-likeness (QED) is 0.714. The molecule has 2 aromatic heterocycles. The Morgan fingerprint density at radius 1 is 0.562 bits per heavy atom. The molecule has 0 N–H and O–H groups in total. The van der Waals surface area contributed by atoms with Crippen LogP contribution in [0, 0.1) is 0 Å². The highest BCUT2D eigenvalue weighted by Crippen LogP contribution is 2.15. The Kier molecular flexibility index (Phi) is 8.79. The molecule has 0 aliphatic rings.